The summed E-state index contributed by atoms with van der Waals surface area (Å²) in [7, 11) is 3.41. The van der Waals surface area contributed by atoms with Crippen molar-refractivity contribution in [1.29, 1.82) is 0 Å². The van der Waals surface area contributed by atoms with E-state index in [9.17, 15) is 9.59 Å². The zero-order valence-electron chi connectivity index (χ0n) is 14.8. The van der Waals surface area contributed by atoms with Gasteiger partial charge in [-0.05, 0) is 42.1 Å². The van der Waals surface area contributed by atoms with Crippen molar-refractivity contribution in [3.05, 3.63) is 53.0 Å². The third kappa shape index (κ3) is 3.72. The Bertz CT molecular complexity index is 927. The second-order valence-electron chi connectivity index (χ2n) is 5.87. The largest absolute Gasteiger partial charge is 0.497 e. The van der Waals surface area contributed by atoms with Crippen LogP contribution in [-0.4, -0.2) is 29.7 Å². The molecule has 2 heterocycles. The van der Waals surface area contributed by atoms with E-state index in [-0.39, 0.29) is 5.91 Å². The van der Waals surface area contributed by atoms with Gasteiger partial charge in [-0.2, -0.15) is 0 Å². The number of benzene rings is 1. The number of aromatic nitrogens is 1. The van der Waals surface area contributed by atoms with Crippen LogP contribution in [0.25, 0.3) is 10.2 Å². The molecule has 2 aromatic heterocycles. The smallest absolute Gasteiger partial charge is 0.355 e. The van der Waals surface area contributed by atoms with E-state index in [0.717, 1.165) is 21.5 Å². The molecule has 0 spiro atoms. The number of nitrogens with zero attached hydrogens (tertiary/aromatic N) is 1. The van der Waals surface area contributed by atoms with Crippen LogP contribution in [0.5, 0.6) is 5.75 Å². The monoisotopic (exact) mass is 372 g/mol. The van der Waals surface area contributed by atoms with Crippen LogP contribution in [0.4, 0.5) is 0 Å². The van der Waals surface area contributed by atoms with E-state index in [1.807, 2.05) is 35.7 Å². The van der Waals surface area contributed by atoms with Crippen molar-refractivity contribution in [3.8, 4) is 5.75 Å². The second kappa shape index (κ2) is 7.61. The number of nitrogens with one attached hydrogen (secondary N) is 1. The summed E-state index contributed by atoms with van der Waals surface area (Å²) < 4.78 is 13.2. The summed E-state index contributed by atoms with van der Waals surface area (Å²) in [6.07, 6.45) is -0.881. The molecule has 3 aromatic rings. The molecule has 3 rings (SSSR count). The lowest BCUT2D eigenvalue weighted by atomic mass is 10.2. The lowest BCUT2D eigenvalue weighted by Crippen LogP contribution is -2.35. The topological polar surface area (TPSA) is 69.6 Å². The Labute approximate surface area is 155 Å². The number of thiophene rings is 1. The van der Waals surface area contributed by atoms with Crippen molar-refractivity contribution in [2.75, 3.05) is 7.11 Å². The van der Waals surface area contributed by atoms with Crippen LogP contribution in [0.1, 0.15) is 23.0 Å². The molecule has 7 heteroatoms. The van der Waals surface area contributed by atoms with Crippen LogP contribution in [-0.2, 0) is 23.1 Å². The summed E-state index contributed by atoms with van der Waals surface area (Å²) in [5, 5.41) is 4.73. The Morgan fingerprint density at radius 2 is 1.96 bits per heavy atom. The minimum Gasteiger partial charge on any atom is -0.497 e. The highest BCUT2D eigenvalue weighted by molar-refractivity contribution is 7.17. The molecule has 0 radical (unpaired) electrons. The summed E-state index contributed by atoms with van der Waals surface area (Å²) in [4.78, 5) is 24.6. The maximum Gasteiger partial charge on any atom is 0.355 e. The Morgan fingerprint density at radius 1 is 1.23 bits per heavy atom. The number of hydrogen-bond donors (Lipinski definition) is 1. The zero-order chi connectivity index (χ0) is 18.7. The summed E-state index contributed by atoms with van der Waals surface area (Å²) >= 11 is 1.56. The van der Waals surface area contributed by atoms with Gasteiger partial charge in [0.25, 0.3) is 5.91 Å². The van der Waals surface area contributed by atoms with Gasteiger partial charge in [0.1, 0.15) is 11.4 Å². The zero-order valence-corrected chi connectivity index (χ0v) is 15.6. The molecule has 1 atom stereocenters. The molecule has 136 valence electrons. The van der Waals surface area contributed by atoms with E-state index in [0.29, 0.717) is 12.2 Å². The molecule has 6 nitrogen and oxygen atoms in total. The molecule has 0 saturated carbocycles. The third-order valence-corrected chi connectivity index (χ3v) is 5.00. The number of aryl methyl sites for hydroxylation is 1. The van der Waals surface area contributed by atoms with Gasteiger partial charge < -0.3 is 19.4 Å². The van der Waals surface area contributed by atoms with Gasteiger partial charge >= 0.3 is 5.97 Å². The fraction of sp³-hybridized carbons (Fsp3) is 0.263. The van der Waals surface area contributed by atoms with Gasteiger partial charge in [0, 0.05) is 13.6 Å². The summed E-state index contributed by atoms with van der Waals surface area (Å²) in [6.45, 7) is 1.91. The third-order valence-electron chi connectivity index (χ3n) is 4.15. The van der Waals surface area contributed by atoms with E-state index in [2.05, 4.69) is 5.32 Å². The van der Waals surface area contributed by atoms with Gasteiger partial charge in [0.15, 0.2) is 6.10 Å². The number of esters is 1. The van der Waals surface area contributed by atoms with E-state index >= 15 is 0 Å². The molecule has 0 fully saturated rings. The molecular formula is C19H20N2O4S. The van der Waals surface area contributed by atoms with Crippen molar-refractivity contribution in [3.63, 3.8) is 0 Å². The average molecular weight is 372 g/mol. The van der Waals surface area contributed by atoms with Gasteiger partial charge in [-0.15, -0.1) is 11.3 Å². The first-order chi connectivity index (χ1) is 12.5. The maximum atomic E-state index is 12.4. The second-order valence-corrected chi connectivity index (χ2v) is 6.82. The lowest BCUT2D eigenvalue weighted by Gasteiger charge is -2.14. The van der Waals surface area contributed by atoms with Crippen LogP contribution < -0.4 is 10.1 Å². The van der Waals surface area contributed by atoms with Gasteiger partial charge in [0.05, 0.1) is 17.3 Å². The molecular weight excluding hydrogens is 352 g/mol. The fourth-order valence-electron chi connectivity index (χ4n) is 2.60. The number of hydrogen-bond acceptors (Lipinski definition) is 5. The normalized spacial score (nSPS) is 12.0. The molecule has 0 aliphatic heterocycles. The Hall–Kier alpha value is -2.80. The highest BCUT2D eigenvalue weighted by Crippen LogP contribution is 2.24. The van der Waals surface area contributed by atoms with E-state index in [1.54, 1.807) is 43.1 Å². The van der Waals surface area contributed by atoms with Crippen LogP contribution in [0.3, 0.4) is 0 Å². The van der Waals surface area contributed by atoms with Crippen LogP contribution in [0, 0.1) is 0 Å². The quantitative estimate of drug-likeness (QED) is 0.675. The minimum absolute atomic E-state index is 0.342. The first-order valence-electron chi connectivity index (χ1n) is 8.14. The van der Waals surface area contributed by atoms with E-state index in [1.165, 1.54) is 0 Å². The van der Waals surface area contributed by atoms with Crippen molar-refractivity contribution in [2.24, 2.45) is 7.05 Å². The molecule has 0 saturated heterocycles. The molecule has 0 aliphatic rings. The molecule has 1 aromatic carbocycles. The van der Waals surface area contributed by atoms with Crippen molar-refractivity contribution in [2.45, 2.75) is 19.6 Å². The summed E-state index contributed by atoms with van der Waals surface area (Å²) in [5.74, 6) is -0.0990. The predicted molar refractivity (Wildman–Crippen MR) is 101 cm³/mol. The average Bonchev–Trinajstić information content (AvgIpc) is 3.23. The molecule has 0 unspecified atom stereocenters. The van der Waals surface area contributed by atoms with E-state index in [4.69, 9.17) is 9.47 Å². The van der Waals surface area contributed by atoms with Gasteiger partial charge in [-0.1, -0.05) is 12.1 Å². The van der Waals surface area contributed by atoms with Gasteiger partial charge in [0.2, 0.25) is 0 Å². The summed E-state index contributed by atoms with van der Waals surface area (Å²) in [6, 6.07) is 11.1. The number of amides is 1. The number of fused-ring (bicyclic) bond motifs is 1. The molecule has 0 aliphatic carbocycles. The number of rotatable bonds is 6. The van der Waals surface area contributed by atoms with Crippen molar-refractivity contribution in [1.82, 2.24) is 9.88 Å². The first kappa shape index (κ1) is 18.0. The highest BCUT2D eigenvalue weighted by Gasteiger charge is 2.21. The number of carbonyl (C=O) groups is 2. The van der Waals surface area contributed by atoms with Crippen LogP contribution >= 0.6 is 11.3 Å². The Morgan fingerprint density at radius 3 is 2.62 bits per heavy atom. The van der Waals surface area contributed by atoms with Crippen molar-refractivity contribution >= 4 is 33.4 Å². The van der Waals surface area contributed by atoms with Crippen LogP contribution in [0.2, 0.25) is 0 Å². The van der Waals surface area contributed by atoms with Gasteiger partial charge in [-0.25, -0.2) is 4.79 Å². The lowest BCUT2D eigenvalue weighted by molar-refractivity contribution is -0.129. The SMILES string of the molecule is COc1ccc(CNC(=O)[C@H](C)OC(=O)c2cc3sccc3n2C)cc1. The maximum absolute atomic E-state index is 12.4. The number of ether oxygens (including phenoxy) is 2. The predicted octanol–water partition coefficient (Wildman–Crippen LogP) is 3.11. The fourth-order valence-corrected chi connectivity index (χ4v) is 3.45. The molecule has 1 amide bonds. The Kier molecular flexibility index (Phi) is 5.27. The number of methoxy groups -OCH3 is 1. The first-order valence-corrected chi connectivity index (χ1v) is 9.02. The standard InChI is InChI=1S/C19H20N2O4S/c1-12(18(22)20-11-13-4-6-14(24-3)7-5-13)25-19(23)16-10-17-15(21(16)2)8-9-26-17/h4-10,12H,11H2,1-3H3,(H,20,22)/t12-/m0/s1. The molecule has 26 heavy (non-hydrogen) atoms. The van der Waals surface area contributed by atoms with Crippen LogP contribution in [0.15, 0.2) is 41.8 Å². The summed E-state index contributed by atoms with van der Waals surface area (Å²) in [5.41, 5.74) is 2.33. The highest BCUT2D eigenvalue weighted by atomic mass is 32.1. The number of carbonyl (C=O) groups excluding carboxylic acids is 2. The van der Waals surface area contributed by atoms with E-state index < -0.39 is 12.1 Å². The molecule has 1 N–H and O–H groups in total. The Balaban J connectivity index is 1.56. The van der Waals surface area contributed by atoms with Crippen molar-refractivity contribution < 1.29 is 19.1 Å². The molecule has 0 bridgehead atoms. The minimum atomic E-state index is -0.881. The van der Waals surface area contributed by atoms with Gasteiger partial charge in [-0.3, -0.25) is 4.79 Å².